The van der Waals surface area contributed by atoms with Gasteiger partial charge in [-0.3, -0.25) is 4.90 Å². The lowest BCUT2D eigenvalue weighted by atomic mass is 9.97. The molecule has 1 aliphatic heterocycles. The summed E-state index contributed by atoms with van der Waals surface area (Å²) >= 11 is 0. The van der Waals surface area contributed by atoms with Crippen molar-refractivity contribution in [2.45, 2.75) is 63.6 Å². The molecule has 1 aromatic rings. The fourth-order valence-electron chi connectivity index (χ4n) is 3.89. The highest BCUT2D eigenvalue weighted by atomic mass is 15.2. The molecule has 2 fully saturated rings. The molecule has 4 nitrogen and oxygen atoms in total. The van der Waals surface area contributed by atoms with Crippen LogP contribution in [0.5, 0.6) is 0 Å². The fraction of sp³-hybridized carbons (Fsp3) is 0.812. The molecule has 2 aliphatic rings. The van der Waals surface area contributed by atoms with E-state index in [9.17, 15) is 0 Å². The first kappa shape index (κ1) is 14.1. The highest BCUT2D eigenvalue weighted by molar-refractivity contribution is 4.98. The second-order valence-electron chi connectivity index (χ2n) is 6.68. The molecule has 4 heteroatoms. The van der Waals surface area contributed by atoms with E-state index in [2.05, 4.69) is 32.9 Å². The van der Waals surface area contributed by atoms with Gasteiger partial charge >= 0.3 is 0 Å². The van der Waals surface area contributed by atoms with Gasteiger partial charge in [-0.1, -0.05) is 12.8 Å². The monoisotopic (exact) mass is 276 g/mol. The summed E-state index contributed by atoms with van der Waals surface area (Å²) in [6, 6.07) is 0.713. The molecule has 1 aliphatic carbocycles. The van der Waals surface area contributed by atoms with Crippen molar-refractivity contribution in [3.05, 3.63) is 18.7 Å². The standard InChI is InChI=1S/C16H28N4/c1-15-5-8-18-16(6-2-3-7-16)13-20(15)11-4-10-19-12-9-17-14-19/h9,12,14-15,18H,2-8,10-11,13H2,1H3. The number of hydrogen-bond donors (Lipinski definition) is 1. The van der Waals surface area contributed by atoms with Crippen LogP contribution >= 0.6 is 0 Å². The predicted molar refractivity (Wildman–Crippen MR) is 81.7 cm³/mol. The van der Waals surface area contributed by atoms with Crippen molar-refractivity contribution >= 4 is 0 Å². The number of aryl methyl sites for hydroxylation is 1. The zero-order valence-corrected chi connectivity index (χ0v) is 12.7. The number of aromatic nitrogens is 2. The van der Waals surface area contributed by atoms with Gasteiger partial charge in [0.2, 0.25) is 0 Å². The molecule has 0 bridgehead atoms. The third-order valence-electron chi connectivity index (χ3n) is 5.17. The van der Waals surface area contributed by atoms with Gasteiger partial charge in [-0.05, 0) is 39.2 Å². The molecule has 0 aromatic carbocycles. The molecule has 1 unspecified atom stereocenters. The maximum Gasteiger partial charge on any atom is 0.0945 e. The smallest absolute Gasteiger partial charge is 0.0945 e. The van der Waals surface area contributed by atoms with E-state index in [4.69, 9.17) is 0 Å². The Morgan fingerprint density at radius 2 is 2.15 bits per heavy atom. The Hall–Kier alpha value is -0.870. The summed E-state index contributed by atoms with van der Waals surface area (Å²) in [6.45, 7) is 7.14. The zero-order chi connectivity index (χ0) is 13.8. The maximum absolute atomic E-state index is 4.11. The summed E-state index contributed by atoms with van der Waals surface area (Å²) in [6.07, 6.45) is 13.9. The predicted octanol–water partition coefficient (Wildman–Crippen LogP) is 2.27. The van der Waals surface area contributed by atoms with Crippen LogP contribution in [-0.4, -0.2) is 45.7 Å². The van der Waals surface area contributed by atoms with E-state index in [0.717, 1.165) is 6.54 Å². The van der Waals surface area contributed by atoms with E-state index in [-0.39, 0.29) is 0 Å². The SMILES string of the molecule is CC1CCNC2(CCCC2)CN1CCCn1ccnc1. The van der Waals surface area contributed by atoms with Crippen LogP contribution < -0.4 is 5.32 Å². The van der Waals surface area contributed by atoms with Gasteiger partial charge in [-0.15, -0.1) is 0 Å². The lowest BCUT2D eigenvalue weighted by molar-refractivity contribution is 0.164. The van der Waals surface area contributed by atoms with Crippen molar-refractivity contribution in [2.75, 3.05) is 19.6 Å². The van der Waals surface area contributed by atoms with E-state index >= 15 is 0 Å². The Labute approximate surface area is 122 Å². The third kappa shape index (κ3) is 3.23. The number of nitrogens with zero attached hydrogens (tertiary/aromatic N) is 3. The highest BCUT2D eigenvalue weighted by Crippen LogP contribution is 2.32. The molecule has 112 valence electrons. The topological polar surface area (TPSA) is 33.1 Å². The van der Waals surface area contributed by atoms with Gasteiger partial charge in [0, 0.05) is 43.6 Å². The summed E-state index contributed by atoms with van der Waals surface area (Å²) < 4.78 is 2.19. The van der Waals surface area contributed by atoms with Gasteiger partial charge in [-0.25, -0.2) is 4.98 Å². The number of rotatable bonds is 4. The summed E-state index contributed by atoms with van der Waals surface area (Å²) in [7, 11) is 0. The van der Waals surface area contributed by atoms with Crippen molar-refractivity contribution in [3.63, 3.8) is 0 Å². The number of imidazole rings is 1. The Morgan fingerprint density at radius 3 is 2.90 bits per heavy atom. The first-order valence-corrected chi connectivity index (χ1v) is 8.22. The van der Waals surface area contributed by atoms with Crippen LogP contribution in [0, 0.1) is 0 Å². The second-order valence-corrected chi connectivity index (χ2v) is 6.68. The van der Waals surface area contributed by atoms with Crippen LogP contribution in [0.15, 0.2) is 18.7 Å². The van der Waals surface area contributed by atoms with Crippen molar-refractivity contribution in [2.24, 2.45) is 0 Å². The molecule has 1 aromatic heterocycles. The van der Waals surface area contributed by atoms with Crippen LogP contribution in [0.3, 0.4) is 0 Å². The van der Waals surface area contributed by atoms with Crippen molar-refractivity contribution in [3.8, 4) is 0 Å². The average Bonchev–Trinajstić information content (AvgIpc) is 3.06. The third-order valence-corrected chi connectivity index (χ3v) is 5.17. The van der Waals surface area contributed by atoms with Crippen molar-refractivity contribution < 1.29 is 0 Å². The first-order valence-electron chi connectivity index (χ1n) is 8.22. The van der Waals surface area contributed by atoms with Crippen LogP contribution in [0.2, 0.25) is 0 Å². The van der Waals surface area contributed by atoms with E-state index in [0.29, 0.717) is 11.6 Å². The van der Waals surface area contributed by atoms with E-state index in [1.807, 2.05) is 12.5 Å². The minimum absolute atomic E-state index is 0.430. The molecule has 1 N–H and O–H groups in total. The van der Waals surface area contributed by atoms with Crippen LogP contribution in [0.4, 0.5) is 0 Å². The molecular weight excluding hydrogens is 248 g/mol. The van der Waals surface area contributed by atoms with Gasteiger partial charge in [-0.2, -0.15) is 0 Å². The lowest BCUT2D eigenvalue weighted by Crippen LogP contribution is -2.50. The summed E-state index contributed by atoms with van der Waals surface area (Å²) in [4.78, 5) is 6.84. The van der Waals surface area contributed by atoms with Gasteiger partial charge in [0.15, 0.2) is 0 Å². The molecule has 2 heterocycles. The second kappa shape index (κ2) is 6.27. The molecule has 3 rings (SSSR count). The summed E-state index contributed by atoms with van der Waals surface area (Å²) in [5, 5.41) is 3.86. The van der Waals surface area contributed by atoms with E-state index < -0.39 is 0 Å². The molecule has 1 saturated carbocycles. The van der Waals surface area contributed by atoms with Gasteiger partial charge in [0.25, 0.3) is 0 Å². The molecule has 1 spiro atoms. The van der Waals surface area contributed by atoms with Crippen LogP contribution in [0.1, 0.15) is 45.4 Å². The van der Waals surface area contributed by atoms with Crippen LogP contribution in [0.25, 0.3) is 0 Å². The quantitative estimate of drug-likeness (QED) is 0.916. The van der Waals surface area contributed by atoms with Crippen LogP contribution in [-0.2, 0) is 6.54 Å². The summed E-state index contributed by atoms with van der Waals surface area (Å²) in [5.74, 6) is 0. The normalized spacial score (nSPS) is 26.9. The molecular formula is C16H28N4. The van der Waals surface area contributed by atoms with Gasteiger partial charge < -0.3 is 9.88 Å². The largest absolute Gasteiger partial charge is 0.337 e. The summed E-state index contributed by atoms with van der Waals surface area (Å²) in [5.41, 5.74) is 0.430. The maximum atomic E-state index is 4.11. The molecule has 1 saturated heterocycles. The molecule has 20 heavy (non-hydrogen) atoms. The lowest BCUT2D eigenvalue weighted by Gasteiger charge is -2.35. The molecule has 1 atom stereocenters. The minimum Gasteiger partial charge on any atom is -0.337 e. The van der Waals surface area contributed by atoms with Gasteiger partial charge in [0.1, 0.15) is 0 Å². The number of hydrogen-bond acceptors (Lipinski definition) is 3. The van der Waals surface area contributed by atoms with Gasteiger partial charge in [0.05, 0.1) is 6.33 Å². The Bertz CT molecular complexity index is 395. The van der Waals surface area contributed by atoms with Crippen molar-refractivity contribution in [1.82, 2.24) is 19.8 Å². The van der Waals surface area contributed by atoms with E-state index in [1.54, 1.807) is 0 Å². The Kier molecular flexibility index (Phi) is 4.41. The van der Waals surface area contributed by atoms with E-state index in [1.165, 1.54) is 58.2 Å². The van der Waals surface area contributed by atoms with Crippen molar-refractivity contribution in [1.29, 1.82) is 0 Å². The molecule has 0 radical (unpaired) electrons. The average molecular weight is 276 g/mol. The fourth-order valence-corrected chi connectivity index (χ4v) is 3.89. The zero-order valence-electron chi connectivity index (χ0n) is 12.7. The Morgan fingerprint density at radius 1 is 1.30 bits per heavy atom. The molecule has 0 amide bonds. The highest BCUT2D eigenvalue weighted by Gasteiger charge is 2.37. The first-order chi connectivity index (χ1) is 9.77. The number of nitrogens with one attached hydrogen (secondary N) is 1. The minimum atomic E-state index is 0.430. The Balaban J connectivity index is 1.55.